The van der Waals surface area contributed by atoms with Gasteiger partial charge in [-0.3, -0.25) is 9.36 Å². The van der Waals surface area contributed by atoms with Crippen LogP contribution in [0.2, 0.25) is 0 Å². The number of alkyl halides is 2. The molecule has 0 fully saturated rings. The number of halogens is 2. The molecule has 2 atom stereocenters. The van der Waals surface area contributed by atoms with Crippen molar-refractivity contribution in [2.24, 2.45) is 0 Å². The van der Waals surface area contributed by atoms with Gasteiger partial charge in [-0.15, -0.1) is 0 Å². The van der Waals surface area contributed by atoms with E-state index in [4.69, 9.17) is 14.7 Å². The Morgan fingerprint density at radius 1 is 1.42 bits per heavy atom. The first kappa shape index (κ1) is 20.3. The zero-order valence-electron chi connectivity index (χ0n) is 13.3. The zero-order valence-corrected chi connectivity index (χ0v) is 14.2. The molecular weight excluding hydrogens is 343 g/mol. The second kappa shape index (κ2) is 8.37. The molecule has 2 unspecified atom stereocenters. The molecular formula is C15H20F2NO5P. The number of aliphatic hydroxyl groups excluding tert-OH is 1. The number of carboxylic acids is 1. The minimum atomic E-state index is -4.91. The summed E-state index contributed by atoms with van der Waals surface area (Å²) in [6, 6.07) is 5.81. The molecule has 0 radical (unpaired) electrons. The standard InChI is InChI=1S/C15H20F2NO5P/c1-11(10-19)8-9-15(16,17)24(22,18-12(2)14(20)21)23-13-6-4-3-5-7-13/h3-8,12,19H,9-10H2,1-2H3,(H,18,22)(H,20,21)/b11-8+. The van der Waals surface area contributed by atoms with E-state index < -0.39 is 38.2 Å². The fourth-order valence-corrected chi connectivity index (χ4v) is 3.35. The van der Waals surface area contributed by atoms with Crippen molar-refractivity contribution in [1.29, 1.82) is 0 Å². The molecule has 6 nitrogen and oxygen atoms in total. The van der Waals surface area contributed by atoms with Crippen LogP contribution in [-0.2, 0) is 9.36 Å². The van der Waals surface area contributed by atoms with E-state index in [0.29, 0.717) is 0 Å². The summed E-state index contributed by atoms with van der Waals surface area (Å²) in [4.78, 5) is 10.9. The van der Waals surface area contributed by atoms with Crippen molar-refractivity contribution in [3.63, 3.8) is 0 Å². The van der Waals surface area contributed by atoms with Gasteiger partial charge >= 0.3 is 19.2 Å². The number of benzene rings is 1. The summed E-state index contributed by atoms with van der Waals surface area (Å²) >= 11 is 0. The number of aliphatic carboxylic acids is 1. The molecule has 24 heavy (non-hydrogen) atoms. The largest absolute Gasteiger partial charge is 0.480 e. The molecule has 9 heteroatoms. The number of hydrogen-bond donors (Lipinski definition) is 3. The van der Waals surface area contributed by atoms with Gasteiger partial charge in [0.15, 0.2) is 0 Å². The molecule has 0 bridgehead atoms. The number of rotatable bonds is 9. The Labute approximate surface area is 138 Å². The number of allylic oxidation sites excluding steroid dienone is 1. The van der Waals surface area contributed by atoms with E-state index in [-0.39, 0.29) is 11.3 Å². The van der Waals surface area contributed by atoms with Crippen LogP contribution in [-0.4, -0.2) is 34.5 Å². The average Bonchev–Trinajstić information content (AvgIpc) is 2.53. The smallest absolute Gasteiger partial charge is 0.386 e. The minimum Gasteiger partial charge on any atom is -0.480 e. The highest BCUT2D eigenvalue weighted by Gasteiger charge is 2.53. The van der Waals surface area contributed by atoms with E-state index in [0.717, 1.165) is 13.0 Å². The Morgan fingerprint density at radius 3 is 2.50 bits per heavy atom. The summed E-state index contributed by atoms with van der Waals surface area (Å²) < 4.78 is 46.8. The van der Waals surface area contributed by atoms with Crippen molar-refractivity contribution in [3.05, 3.63) is 42.0 Å². The minimum absolute atomic E-state index is 0.0755. The Kier molecular flexibility index (Phi) is 7.08. The molecule has 1 aromatic rings. The van der Waals surface area contributed by atoms with Crippen LogP contribution in [0, 0.1) is 0 Å². The molecule has 3 N–H and O–H groups in total. The van der Waals surface area contributed by atoms with Crippen LogP contribution in [0.5, 0.6) is 5.75 Å². The number of para-hydroxylation sites is 1. The van der Waals surface area contributed by atoms with E-state index in [1.54, 1.807) is 6.07 Å². The molecule has 0 aromatic heterocycles. The van der Waals surface area contributed by atoms with Crippen LogP contribution in [0.25, 0.3) is 0 Å². The summed E-state index contributed by atoms with van der Waals surface area (Å²) in [5.41, 5.74) is -3.60. The number of carboxylic acid groups (broad SMARTS) is 1. The molecule has 0 saturated carbocycles. The molecule has 0 aliphatic heterocycles. The lowest BCUT2D eigenvalue weighted by molar-refractivity contribution is -0.138. The molecule has 0 aliphatic carbocycles. The number of aliphatic hydroxyl groups is 1. The Balaban J connectivity index is 3.16. The van der Waals surface area contributed by atoms with Crippen LogP contribution in [0.15, 0.2) is 42.0 Å². The average molecular weight is 363 g/mol. The van der Waals surface area contributed by atoms with Gasteiger partial charge in [0, 0.05) is 6.42 Å². The second-order valence-electron chi connectivity index (χ2n) is 5.22. The van der Waals surface area contributed by atoms with Crippen molar-refractivity contribution >= 4 is 13.5 Å². The third-order valence-electron chi connectivity index (χ3n) is 3.09. The summed E-state index contributed by atoms with van der Waals surface area (Å²) in [6.45, 7) is 2.11. The van der Waals surface area contributed by atoms with Gasteiger partial charge in [-0.1, -0.05) is 29.8 Å². The number of nitrogens with one attached hydrogen (secondary N) is 1. The van der Waals surface area contributed by atoms with Gasteiger partial charge in [-0.25, -0.2) is 5.09 Å². The lowest BCUT2D eigenvalue weighted by atomic mass is 10.2. The summed E-state index contributed by atoms with van der Waals surface area (Å²) in [6.07, 6.45) is 0.0664. The van der Waals surface area contributed by atoms with Gasteiger partial charge < -0.3 is 14.7 Å². The molecule has 134 valence electrons. The van der Waals surface area contributed by atoms with E-state index in [1.807, 2.05) is 5.09 Å². The van der Waals surface area contributed by atoms with E-state index >= 15 is 0 Å². The van der Waals surface area contributed by atoms with Crippen LogP contribution < -0.4 is 9.61 Å². The normalized spacial score (nSPS) is 16.3. The maximum atomic E-state index is 14.5. The molecule has 0 heterocycles. The molecule has 1 aromatic carbocycles. The Bertz CT molecular complexity index is 636. The molecule has 0 amide bonds. The maximum absolute atomic E-state index is 14.5. The highest BCUT2D eigenvalue weighted by Crippen LogP contribution is 2.59. The third kappa shape index (κ3) is 5.40. The van der Waals surface area contributed by atoms with Gasteiger partial charge in [0.25, 0.3) is 0 Å². The second-order valence-corrected chi connectivity index (χ2v) is 7.42. The topological polar surface area (TPSA) is 95.9 Å². The van der Waals surface area contributed by atoms with Crippen LogP contribution in [0.3, 0.4) is 0 Å². The fourth-order valence-electron chi connectivity index (χ4n) is 1.61. The molecule has 0 saturated heterocycles. The first-order valence-electron chi connectivity index (χ1n) is 7.11. The van der Waals surface area contributed by atoms with Crippen molar-refractivity contribution in [3.8, 4) is 5.75 Å². The monoisotopic (exact) mass is 363 g/mol. The third-order valence-corrected chi connectivity index (χ3v) is 5.33. The Morgan fingerprint density at radius 2 is 2.00 bits per heavy atom. The van der Waals surface area contributed by atoms with Gasteiger partial charge in [-0.2, -0.15) is 8.78 Å². The fraction of sp³-hybridized carbons (Fsp3) is 0.400. The summed E-state index contributed by atoms with van der Waals surface area (Å²) in [7, 11) is -4.91. The van der Waals surface area contributed by atoms with Gasteiger partial charge in [0.2, 0.25) is 0 Å². The van der Waals surface area contributed by atoms with Gasteiger partial charge in [-0.05, 0) is 26.0 Å². The van der Waals surface area contributed by atoms with Crippen LogP contribution in [0.4, 0.5) is 8.78 Å². The highest BCUT2D eigenvalue weighted by atomic mass is 31.2. The lowest BCUT2D eigenvalue weighted by Crippen LogP contribution is -2.38. The molecule has 0 spiro atoms. The maximum Gasteiger partial charge on any atom is 0.386 e. The Hall–Kier alpha value is -1.76. The molecule has 1 rings (SSSR count). The number of hydrogen-bond acceptors (Lipinski definition) is 4. The summed E-state index contributed by atoms with van der Waals surface area (Å²) in [5.74, 6) is -1.52. The number of carbonyl (C=O) groups is 1. The van der Waals surface area contributed by atoms with Crippen LogP contribution >= 0.6 is 7.52 Å². The first-order chi connectivity index (χ1) is 11.1. The SMILES string of the molecule is C/C(=C\CC(F)(F)P(=O)(NC(C)C(=O)O)Oc1ccccc1)CO. The van der Waals surface area contributed by atoms with E-state index in [2.05, 4.69) is 0 Å². The van der Waals surface area contributed by atoms with Crippen LogP contribution in [0.1, 0.15) is 20.3 Å². The predicted octanol–water partition coefficient (Wildman–Crippen LogP) is 3.24. The highest BCUT2D eigenvalue weighted by molar-refractivity contribution is 7.58. The first-order valence-corrected chi connectivity index (χ1v) is 8.73. The van der Waals surface area contributed by atoms with Gasteiger partial charge in [0.05, 0.1) is 6.61 Å². The quantitative estimate of drug-likeness (QED) is 0.460. The predicted molar refractivity (Wildman–Crippen MR) is 85.3 cm³/mol. The van der Waals surface area contributed by atoms with E-state index in [1.165, 1.54) is 31.2 Å². The lowest BCUT2D eigenvalue weighted by Gasteiger charge is -2.28. The van der Waals surface area contributed by atoms with Gasteiger partial charge in [0.1, 0.15) is 11.8 Å². The van der Waals surface area contributed by atoms with Crippen molar-refractivity contribution in [1.82, 2.24) is 5.09 Å². The zero-order chi connectivity index (χ0) is 18.4. The van der Waals surface area contributed by atoms with Crippen molar-refractivity contribution in [2.75, 3.05) is 6.61 Å². The molecule has 0 aliphatic rings. The summed E-state index contributed by atoms with van der Waals surface area (Å²) in [5, 5.41) is 19.7. The van der Waals surface area contributed by atoms with Crippen molar-refractivity contribution < 1.29 is 32.9 Å². The van der Waals surface area contributed by atoms with E-state index in [9.17, 15) is 18.1 Å². The van der Waals surface area contributed by atoms with Crippen molar-refractivity contribution in [2.45, 2.75) is 32.0 Å².